The van der Waals surface area contributed by atoms with E-state index in [0.29, 0.717) is 0 Å². The van der Waals surface area contributed by atoms with Crippen molar-refractivity contribution in [2.75, 3.05) is 13.1 Å². The average Bonchev–Trinajstić information content (AvgIpc) is 2.19. The monoisotopic (exact) mass is 112 g/mol. The molecular weight excluding hydrogens is 102 g/mol. The Morgan fingerprint density at radius 1 is 1.88 bits per heavy atom. The third kappa shape index (κ3) is 1.12. The molecular formula is C5H10N3. The van der Waals surface area contributed by atoms with Gasteiger partial charge in [-0.15, -0.1) is 0 Å². The van der Waals surface area contributed by atoms with Gasteiger partial charge in [0.2, 0.25) is 0 Å². The molecule has 0 aromatic rings. The molecule has 0 fully saturated rings. The highest BCUT2D eigenvalue weighted by Crippen LogP contribution is 1.80. The Kier molecular flexibility index (Phi) is 1.72. The Balaban J connectivity index is 2.23. The van der Waals surface area contributed by atoms with E-state index in [0.717, 1.165) is 19.0 Å². The second-order valence-electron chi connectivity index (χ2n) is 1.59. The van der Waals surface area contributed by atoms with Crippen LogP contribution in [0.4, 0.5) is 0 Å². The van der Waals surface area contributed by atoms with E-state index < -0.39 is 0 Å². The summed E-state index contributed by atoms with van der Waals surface area (Å²) >= 11 is 0. The molecule has 1 aliphatic heterocycles. The summed E-state index contributed by atoms with van der Waals surface area (Å²) in [6.45, 7) is 5.66. The summed E-state index contributed by atoms with van der Waals surface area (Å²) in [6, 6.07) is 0. The lowest BCUT2D eigenvalue weighted by Crippen LogP contribution is -2.31. The van der Waals surface area contributed by atoms with Crippen molar-refractivity contribution in [3.8, 4) is 0 Å². The van der Waals surface area contributed by atoms with Gasteiger partial charge in [0.05, 0.1) is 6.54 Å². The van der Waals surface area contributed by atoms with Crippen LogP contribution in [-0.4, -0.2) is 19.0 Å². The van der Waals surface area contributed by atoms with E-state index >= 15 is 0 Å². The standard InChI is InChI=1S/C5H10N3/c1-2-6-5-7-3-4-8-5/h2H,3-4H2,1H3,(H2,6,7,8). The van der Waals surface area contributed by atoms with Crippen molar-refractivity contribution < 1.29 is 0 Å². The van der Waals surface area contributed by atoms with Crippen molar-refractivity contribution in [3.05, 3.63) is 6.54 Å². The van der Waals surface area contributed by atoms with E-state index in [1.165, 1.54) is 0 Å². The zero-order valence-corrected chi connectivity index (χ0v) is 4.94. The van der Waals surface area contributed by atoms with E-state index in [4.69, 9.17) is 0 Å². The molecule has 0 saturated carbocycles. The fourth-order valence-corrected chi connectivity index (χ4v) is 0.631. The SMILES string of the molecule is C[CH]NC1=NCCN1. The topological polar surface area (TPSA) is 36.4 Å². The van der Waals surface area contributed by atoms with Gasteiger partial charge in [-0.25, -0.2) is 0 Å². The minimum Gasteiger partial charge on any atom is -0.355 e. The molecule has 0 saturated heterocycles. The number of guanidine groups is 1. The first-order chi connectivity index (χ1) is 3.93. The van der Waals surface area contributed by atoms with Crippen molar-refractivity contribution in [1.82, 2.24) is 10.6 Å². The number of hydrogen-bond donors (Lipinski definition) is 2. The van der Waals surface area contributed by atoms with Gasteiger partial charge in [-0.1, -0.05) is 0 Å². The van der Waals surface area contributed by atoms with Crippen molar-refractivity contribution in [3.63, 3.8) is 0 Å². The molecule has 45 valence electrons. The number of rotatable bonds is 1. The maximum atomic E-state index is 4.09. The van der Waals surface area contributed by atoms with Crippen LogP contribution in [0.25, 0.3) is 0 Å². The lowest BCUT2D eigenvalue weighted by Gasteiger charge is -1.99. The van der Waals surface area contributed by atoms with Gasteiger partial charge >= 0.3 is 0 Å². The van der Waals surface area contributed by atoms with Gasteiger partial charge in [0.25, 0.3) is 0 Å². The number of aliphatic imine (C=N–C) groups is 1. The highest BCUT2D eigenvalue weighted by Gasteiger charge is 1.99. The molecule has 0 aromatic carbocycles. The van der Waals surface area contributed by atoms with Crippen LogP contribution in [0.5, 0.6) is 0 Å². The summed E-state index contributed by atoms with van der Waals surface area (Å²) in [5, 5.41) is 6.02. The first kappa shape index (κ1) is 5.41. The Morgan fingerprint density at radius 3 is 3.25 bits per heavy atom. The fourth-order valence-electron chi connectivity index (χ4n) is 0.631. The Bertz CT molecular complexity index is 97.8. The highest BCUT2D eigenvalue weighted by molar-refractivity contribution is 5.81. The van der Waals surface area contributed by atoms with Gasteiger partial charge in [0, 0.05) is 13.1 Å². The van der Waals surface area contributed by atoms with Gasteiger partial charge in [-0.3, -0.25) is 4.99 Å². The van der Waals surface area contributed by atoms with Crippen LogP contribution in [0.15, 0.2) is 4.99 Å². The predicted octanol–water partition coefficient (Wildman–Crippen LogP) is -0.283. The maximum Gasteiger partial charge on any atom is 0.191 e. The largest absolute Gasteiger partial charge is 0.355 e. The minimum atomic E-state index is 0.896. The van der Waals surface area contributed by atoms with Gasteiger partial charge in [-0.2, -0.15) is 0 Å². The molecule has 1 aliphatic rings. The van der Waals surface area contributed by atoms with Gasteiger partial charge < -0.3 is 10.6 Å². The second-order valence-corrected chi connectivity index (χ2v) is 1.59. The summed E-state index contributed by atoms with van der Waals surface area (Å²) in [6.07, 6.45) is 0. The molecule has 0 unspecified atom stereocenters. The molecule has 0 spiro atoms. The second kappa shape index (κ2) is 2.55. The molecule has 3 nitrogen and oxygen atoms in total. The fraction of sp³-hybridized carbons (Fsp3) is 0.600. The third-order valence-electron chi connectivity index (χ3n) is 0.955. The van der Waals surface area contributed by atoms with Gasteiger partial charge in [0.15, 0.2) is 5.96 Å². The minimum absolute atomic E-state index is 0.896. The summed E-state index contributed by atoms with van der Waals surface area (Å²) in [5.41, 5.74) is 0. The van der Waals surface area contributed by atoms with E-state index in [1.807, 2.05) is 13.5 Å². The quantitative estimate of drug-likeness (QED) is 0.489. The van der Waals surface area contributed by atoms with Crippen LogP contribution in [0.3, 0.4) is 0 Å². The van der Waals surface area contributed by atoms with Crippen molar-refractivity contribution in [2.24, 2.45) is 4.99 Å². The van der Waals surface area contributed by atoms with Crippen molar-refractivity contribution >= 4 is 5.96 Å². The van der Waals surface area contributed by atoms with E-state index in [9.17, 15) is 0 Å². The first-order valence-electron chi connectivity index (χ1n) is 2.76. The average molecular weight is 112 g/mol. The molecule has 2 N–H and O–H groups in total. The van der Waals surface area contributed by atoms with Crippen LogP contribution in [-0.2, 0) is 0 Å². The molecule has 1 rings (SSSR count). The molecule has 0 aromatic heterocycles. The molecule has 3 heteroatoms. The van der Waals surface area contributed by atoms with Crippen LogP contribution in [0, 0.1) is 6.54 Å². The van der Waals surface area contributed by atoms with Gasteiger partial charge in [0.1, 0.15) is 0 Å². The summed E-state index contributed by atoms with van der Waals surface area (Å²) in [4.78, 5) is 4.09. The third-order valence-corrected chi connectivity index (χ3v) is 0.955. The normalized spacial score (nSPS) is 17.4. The molecule has 1 heterocycles. The van der Waals surface area contributed by atoms with E-state index in [-0.39, 0.29) is 0 Å². The highest BCUT2D eigenvalue weighted by atomic mass is 15.2. The Morgan fingerprint density at radius 2 is 2.75 bits per heavy atom. The van der Waals surface area contributed by atoms with E-state index in [2.05, 4.69) is 15.6 Å². The zero-order chi connectivity index (χ0) is 5.82. The molecule has 0 amide bonds. The van der Waals surface area contributed by atoms with Gasteiger partial charge in [-0.05, 0) is 6.92 Å². The molecule has 8 heavy (non-hydrogen) atoms. The maximum absolute atomic E-state index is 4.09. The van der Waals surface area contributed by atoms with Crippen LogP contribution in [0.1, 0.15) is 6.92 Å². The summed E-state index contributed by atoms with van der Waals surface area (Å²) in [7, 11) is 0. The lowest BCUT2D eigenvalue weighted by molar-refractivity contribution is 0.937. The van der Waals surface area contributed by atoms with Crippen LogP contribution < -0.4 is 10.6 Å². The molecule has 0 atom stereocenters. The number of nitrogens with one attached hydrogen (secondary N) is 2. The smallest absolute Gasteiger partial charge is 0.191 e. The van der Waals surface area contributed by atoms with Crippen LogP contribution in [0.2, 0.25) is 0 Å². The van der Waals surface area contributed by atoms with Crippen molar-refractivity contribution in [1.29, 1.82) is 0 Å². The summed E-state index contributed by atoms with van der Waals surface area (Å²) in [5.74, 6) is 0.896. The Hall–Kier alpha value is -0.730. The molecule has 1 radical (unpaired) electrons. The zero-order valence-electron chi connectivity index (χ0n) is 4.94. The number of hydrogen-bond acceptors (Lipinski definition) is 3. The molecule has 0 aliphatic carbocycles. The van der Waals surface area contributed by atoms with Crippen molar-refractivity contribution in [2.45, 2.75) is 6.92 Å². The van der Waals surface area contributed by atoms with E-state index in [1.54, 1.807) is 0 Å². The number of nitrogens with zero attached hydrogens (tertiary/aromatic N) is 1. The predicted molar refractivity (Wildman–Crippen MR) is 33.4 cm³/mol. The lowest BCUT2D eigenvalue weighted by atomic mass is 10.7. The Labute approximate surface area is 49.2 Å². The summed E-state index contributed by atoms with van der Waals surface area (Å²) < 4.78 is 0. The first-order valence-corrected chi connectivity index (χ1v) is 2.76. The molecule has 0 bridgehead atoms. The van der Waals surface area contributed by atoms with Crippen LogP contribution >= 0.6 is 0 Å².